The molecule has 2 aromatic heterocycles. The van der Waals surface area contributed by atoms with Gasteiger partial charge in [-0.3, -0.25) is 9.78 Å². The maximum absolute atomic E-state index is 15.5. The topological polar surface area (TPSA) is 120 Å². The summed E-state index contributed by atoms with van der Waals surface area (Å²) in [4.78, 5) is 20.1. The van der Waals surface area contributed by atoms with Crippen molar-refractivity contribution in [2.45, 2.75) is 51.9 Å². The number of pyridine rings is 2. The van der Waals surface area contributed by atoms with Crippen molar-refractivity contribution in [1.29, 1.82) is 0 Å². The van der Waals surface area contributed by atoms with Gasteiger partial charge in [-0.2, -0.15) is 0 Å². The van der Waals surface area contributed by atoms with Crippen molar-refractivity contribution < 1.29 is 23.4 Å². The van der Waals surface area contributed by atoms with Gasteiger partial charge in [-0.15, -0.1) is 0 Å². The summed E-state index contributed by atoms with van der Waals surface area (Å²) in [5.41, 5.74) is 4.49. The maximum atomic E-state index is 15.5. The number of anilines is 2. The molecular formula is C34H37ClF2N6O3. The molecule has 4 aromatic rings. The fourth-order valence-electron chi connectivity index (χ4n) is 5.47. The molecule has 0 aliphatic carbocycles. The first kappa shape index (κ1) is 33.2. The number of ether oxygens (including phenoxy) is 1. The van der Waals surface area contributed by atoms with Crippen LogP contribution in [-0.2, 0) is 17.9 Å². The van der Waals surface area contributed by atoms with Crippen LogP contribution in [0.3, 0.4) is 0 Å². The first-order chi connectivity index (χ1) is 22.2. The van der Waals surface area contributed by atoms with E-state index in [1.807, 2.05) is 25.1 Å². The van der Waals surface area contributed by atoms with Crippen LogP contribution in [-0.4, -0.2) is 53.3 Å². The van der Waals surface area contributed by atoms with E-state index in [2.05, 4.69) is 31.2 Å². The first-order valence-corrected chi connectivity index (χ1v) is 15.4. The van der Waals surface area contributed by atoms with Crippen molar-refractivity contribution in [2.75, 3.05) is 25.5 Å². The minimum atomic E-state index is -0.546. The molecule has 3 heterocycles. The highest BCUT2D eigenvalue weighted by Crippen LogP contribution is 2.40. The van der Waals surface area contributed by atoms with Gasteiger partial charge < -0.3 is 31.1 Å². The Hall–Kier alpha value is -4.16. The van der Waals surface area contributed by atoms with E-state index in [9.17, 15) is 9.90 Å². The third kappa shape index (κ3) is 7.61. The first-order valence-electron chi connectivity index (χ1n) is 15.1. The van der Waals surface area contributed by atoms with E-state index in [4.69, 9.17) is 16.3 Å². The van der Waals surface area contributed by atoms with Crippen molar-refractivity contribution in [3.63, 3.8) is 0 Å². The number of carbonyl (C=O) groups is 1. The van der Waals surface area contributed by atoms with Crippen LogP contribution in [0.25, 0.3) is 22.4 Å². The van der Waals surface area contributed by atoms with Gasteiger partial charge >= 0.3 is 0 Å². The molecule has 1 aliphatic heterocycles. The number of hydrogen-bond donors (Lipinski definition) is 5. The minimum absolute atomic E-state index is 0.0212. The van der Waals surface area contributed by atoms with Crippen LogP contribution in [0.5, 0.6) is 5.75 Å². The number of benzene rings is 2. The van der Waals surface area contributed by atoms with Gasteiger partial charge in [-0.1, -0.05) is 23.7 Å². The number of carbonyl (C=O) groups excluding carboxylic acids is 1. The summed E-state index contributed by atoms with van der Waals surface area (Å²) in [7, 11) is 1.48. The molecule has 5 rings (SSSR count). The molecule has 1 fully saturated rings. The average Bonchev–Trinajstić information content (AvgIpc) is 3.45. The summed E-state index contributed by atoms with van der Waals surface area (Å²) in [6, 6.07) is 12.0. The number of nitrogens with one attached hydrogen (secondary N) is 4. The molecule has 1 saturated heterocycles. The highest BCUT2D eigenvalue weighted by Gasteiger charge is 2.22. The van der Waals surface area contributed by atoms with Crippen molar-refractivity contribution in [2.24, 2.45) is 0 Å². The Balaban J connectivity index is 1.38. The zero-order chi connectivity index (χ0) is 32.8. The fourth-order valence-corrected chi connectivity index (χ4v) is 5.79. The van der Waals surface area contributed by atoms with Gasteiger partial charge in [0.25, 0.3) is 0 Å². The van der Waals surface area contributed by atoms with Crippen LogP contribution in [0, 0.1) is 18.6 Å². The van der Waals surface area contributed by atoms with Crippen molar-refractivity contribution in [1.82, 2.24) is 25.9 Å². The quantitative estimate of drug-likeness (QED) is 0.126. The maximum Gasteiger partial charge on any atom is 0.220 e. The molecule has 0 saturated carbocycles. The van der Waals surface area contributed by atoms with Crippen molar-refractivity contribution in [3.8, 4) is 28.1 Å². The number of nitrogens with zero attached hydrogens (tertiary/aromatic N) is 2. The number of aliphatic hydroxyl groups is 1. The lowest BCUT2D eigenvalue weighted by Gasteiger charge is -2.17. The molecule has 1 aliphatic rings. The number of amides is 1. The van der Waals surface area contributed by atoms with Gasteiger partial charge in [0.2, 0.25) is 5.91 Å². The summed E-state index contributed by atoms with van der Waals surface area (Å²) in [5.74, 6) is -0.515. The van der Waals surface area contributed by atoms with Gasteiger partial charge in [0.1, 0.15) is 11.6 Å². The van der Waals surface area contributed by atoms with E-state index in [0.29, 0.717) is 63.9 Å². The Bertz CT molecular complexity index is 1720. The van der Waals surface area contributed by atoms with Crippen LogP contribution in [0.1, 0.15) is 36.5 Å². The lowest BCUT2D eigenvalue weighted by molar-refractivity contribution is -0.119. The van der Waals surface area contributed by atoms with Crippen LogP contribution >= 0.6 is 11.6 Å². The standard InChI is InChI=1S/C34H37ClF2N6O3/c1-19(44)15-38-16-21-9-11-41-34(32(21)37)43-28-6-4-5-24(20(28)2)25-10-12-40-33(31(25)35)22-13-27(36)26(29(14-22)46-3)18-39-17-23-7-8-30(45)42-23/h4-6,9-14,19,23,38-39,44H,7-8,15-18H2,1-3H3,(H,41,43)(H,42,45)/t19-,23-/m0/s1. The van der Waals surface area contributed by atoms with Crippen LogP contribution in [0.4, 0.5) is 20.3 Å². The molecule has 0 radical (unpaired) electrons. The molecule has 9 nitrogen and oxygen atoms in total. The second-order valence-electron chi connectivity index (χ2n) is 11.3. The molecule has 0 unspecified atom stereocenters. The van der Waals surface area contributed by atoms with E-state index in [-0.39, 0.29) is 30.9 Å². The number of halogens is 3. The second-order valence-corrected chi connectivity index (χ2v) is 11.7. The lowest BCUT2D eigenvalue weighted by Crippen LogP contribution is -2.35. The highest BCUT2D eigenvalue weighted by molar-refractivity contribution is 6.35. The van der Waals surface area contributed by atoms with Crippen LogP contribution in [0.15, 0.2) is 54.9 Å². The van der Waals surface area contributed by atoms with Crippen LogP contribution < -0.4 is 26.0 Å². The summed E-state index contributed by atoms with van der Waals surface area (Å²) in [6.07, 6.45) is 3.83. The minimum Gasteiger partial charge on any atom is -0.496 e. The predicted octanol–water partition coefficient (Wildman–Crippen LogP) is 5.64. The normalized spacial score (nSPS) is 15.1. The summed E-state index contributed by atoms with van der Waals surface area (Å²) >= 11 is 6.94. The Kier molecular flexibility index (Phi) is 10.8. The van der Waals surface area contributed by atoms with E-state index >= 15 is 8.78 Å². The lowest BCUT2D eigenvalue weighted by atomic mass is 9.97. The zero-order valence-electron chi connectivity index (χ0n) is 25.9. The van der Waals surface area contributed by atoms with Crippen LogP contribution in [0.2, 0.25) is 5.02 Å². The Morgan fingerprint density at radius 1 is 1.11 bits per heavy atom. The summed E-state index contributed by atoms with van der Waals surface area (Å²) in [5, 5.41) is 22.0. The van der Waals surface area contributed by atoms with E-state index in [1.165, 1.54) is 19.4 Å². The molecule has 242 valence electrons. The van der Waals surface area contributed by atoms with E-state index in [1.54, 1.807) is 31.3 Å². The number of aliphatic hydroxyl groups excluding tert-OH is 1. The SMILES string of the molecule is COc1cc(-c2nccc(-c3cccc(Nc4nccc(CNC[C@H](C)O)c4F)c3C)c2Cl)cc(F)c1CNC[C@@H]1CCC(=O)N1. The Morgan fingerprint density at radius 3 is 2.65 bits per heavy atom. The van der Waals surface area contributed by atoms with E-state index in [0.717, 1.165) is 17.5 Å². The summed E-state index contributed by atoms with van der Waals surface area (Å²) < 4.78 is 36.3. The smallest absolute Gasteiger partial charge is 0.220 e. The predicted molar refractivity (Wildman–Crippen MR) is 175 cm³/mol. The number of rotatable bonds is 13. The second kappa shape index (κ2) is 15.0. The molecule has 2 aromatic carbocycles. The van der Waals surface area contributed by atoms with Gasteiger partial charge in [0.05, 0.1) is 23.9 Å². The molecular weight excluding hydrogens is 614 g/mol. The summed E-state index contributed by atoms with van der Waals surface area (Å²) in [6.45, 7) is 4.87. The average molecular weight is 651 g/mol. The monoisotopic (exact) mass is 650 g/mol. The number of methoxy groups -OCH3 is 1. The van der Waals surface area contributed by atoms with Gasteiger partial charge in [0, 0.05) is 79.0 Å². The van der Waals surface area contributed by atoms with Gasteiger partial charge in [0.15, 0.2) is 11.6 Å². The Labute approximate surface area is 271 Å². The van der Waals surface area contributed by atoms with E-state index < -0.39 is 17.7 Å². The molecule has 2 atom stereocenters. The molecule has 46 heavy (non-hydrogen) atoms. The molecule has 5 N–H and O–H groups in total. The highest BCUT2D eigenvalue weighted by atomic mass is 35.5. The number of aromatic nitrogens is 2. The van der Waals surface area contributed by atoms with Crippen molar-refractivity contribution in [3.05, 3.63) is 88.2 Å². The number of hydrogen-bond acceptors (Lipinski definition) is 8. The third-order valence-corrected chi connectivity index (χ3v) is 8.30. The zero-order valence-corrected chi connectivity index (χ0v) is 26.6. The van der Waals surface area contributed by atoms with Crippen molar-refractivity contribution >= 4 is 29.0 Å². The Morgan fingerprint density at radius 2 is 1.91 bits per heavy atom. The molecule has 12 heteroatoms. The largest absolute Gasteiger partial charge is 0.496 e. The van der Waals surface area contributed by atoms with Gasteiger partial charge in [-0.25, -0.2) is 13.8 Å². The van der Waals surface area contributed by atoms with Gasteiger partial charge in [-0.05, 0) is 61.7 Å². The molecule has 0 bridgehead atoms. The fraction of sp³-hybridized carbons (Fsp3) is 0.324. The molecule has 1 amide bonds. The molecule has 0 spiro atoms. The third-order valence-electron chi connectivity index (χ3n) is 7.92.